The van der Waals surface area contributed by atoms with E-state index >= 15 is 0 Å². The Kier molecular flexibility index (Phi) is 4.31. The standard InChI is InChI=1S/C16H20N4O/c1-17-16-18-9-7-15(19-16)21-14-8-10-20(12-14)11-13-5-3-2-4-6-13/h2-7,9,14H,8,10-12H2,1H3,(H,17,18,19). The molecule has 5 nitrogen and oxygen atoms in total. The average Bonchev–Trinajstić information content (AvgIpc) is 2.95. The van der Waals surface area contributed by atoms with Crippen molar-refractivity contribution in [2.45, 2.75) is 19.1 Å². The maximum absolute atomic E-state index is 5.95. The van der Waals surface area contributed by atoms with Gasteiger partial charge in [-0.25, -0.2) is 4.98 Å². The van der Waals surface area contributed by atoms with E-state index in [-0.39, 0.29) is 6.10 Å². The van der Waals surface area contributed by atoms with Gasteiger partial charge in [0.05, 0.1) is 0 Å². The number of ether oxygens (including phenoxy) is 1. The second kappa shape index (κ2) is 6.54. The molecule has 0 bridgehead atoms. The van der Waals surface area contributed by atoms with Crippen molar-refractivity contribution >= 4 is 5.95 Å². The van der Waals surface area contributed by atoms with E-state index in [1.54, 1.807) is 19.3 Å². The minimum Gasteiger partial charge on any atom is -0.473 e. The lowest BCUT2D eigenvalue weighted by Gasteiger charge is -2.16. The summed E-state index contributed by atoms with van der Waals surface area (Å²) in [5.41, 5.74) is 1.35. The van der Waals surface area contributed by atoms with Gasteiger partial charge in [-0.1, -0.05) is 30.3 Å². The number of nitrogens with zero attached hydrogens (tertiary/aromatic N) is 3. The zero-order chi connectivity index (χ0) is 14.5. The molecule has 1 saturated heterocycles. The predicted molar refractivity (Wildman–Crippen MR) is 82.3 cm³/mol. The van der Waals surface area contributed by atoms with Gasteiger partial charge in [-0.2, -0.15) is 4.98 Å². The molecule has 0 saturated carbocycles. The summed E-state index contributed by atoms with van der Waals surface area (Å²) in [5, 5.41) is 2.92. The number of hydrogen-bond donors (Lipinski definition) is 1. The van der Waals surface area contributed by atoms with Crippen molar-refractivity contribution in [2.75, 3.05) is 25.5 Å². The molecular weight excluding hydrogens is 264 g/mol. The number of nitrogens with one attached hydrogen (secondary N) is 1. The van der Waals surface area contributed by atoms with Crippen molar-refractivity contribution in [1.82, 2.24) is 14.9 Å². The summed E-state index contributed by atoms with van der Waals surface area (Å²) in [7, 11) is 1.80. The maximum Gasteiger partial charge on any atom is 0.225 e. The van der Waals surface area contributed by atoms with Gasteiger partial charge in [-0.3, -0.25) is 4.90 Å². The normalized spacial score (nSPS) is 18.6. The monoisotopic (exact) mass is 284 g/mol. The van der Waals surface area contributed by atoms with Crippen molar-refractivity contribution in [3.05, 3.63) is 48.2 Å². The summed E-state index contributed by atoms with van der Waals surface area (Å²) >= 11 is 0. The minimum absolute atomic E-state index is 0.202. The van der Waals surface area contributed by atoms with Gasteiger partial charge in [0.15, 0.2) is 0 Å². The molecule has 1 aliphatic rings. The first-order valence-electron chi connectivity index (χ1n) is 7.27. The third-order valence-corrected chi connectivity index (χ3v) is 3.62. The lowest BCUT2D eigenvalue weighted by molar-refractivity contribution is 0.191. The van der Waals surface area contributed by atoms with E-state index in [1.807, 2.05) is 6.07 Å². The summed E-state index contributed by atoms with van der Waals surface area (Å²) in [6.07, 6.45) is 2.95. The van der Waals surface area contributed by atoms with Gasteiger partial charge in [0, 0.05) is 38.9 Å². The Balaban J connectivity index is 1.54. The van der Waals surface area contributed by atoms with Crippen LogP contribution in [-0.2, 0) is 6.54 Å². The molecule has 0 radical (unpaired) electrons. The van der Waals surface area contributed by atoms with Crippen LogP contribution in [0.25, 0.3) is 0 Å². The van der Waals surface area contributed by atoms with Crippen LogP contribution < -0.4 is 10.1 Å². The molecule has 2 aromatic rings. The maximum atomic E-state index is 5.95. The zero-order valence-electron chi connectivity index (χ0n) is 12.2. The zero-order valence-corrected chi connectivity index (χ0v) is 12.2. The average molecular weight is 284 g/mol. The van der Waals surface area contributed by atoms with E-state index in [4.69, 9.17) is 4.74 Å². The summed E-state index contributed by atoms with van der Waals surface area (Å²) in [6, 6.07) is 12.4. The van der Waals surface area contributed by atoms with Gasteiger partial charge in [0.1, 0.15) is 6.10 Å². The summed E-state index contributed by atoms with van der Waals surface area (Å²) in [5.74, 6) is 1.23. The van der Waals surface area contributed by atoms with Crippen molar-refractivity contribution in [3.8, 4) is 5.88 Å². The molecule has 1 N–H and O–H groups in total. The van der Waals surface area contributed by atoms with Crippen LogP contribution in [0.1, 0.15) is 12.0 Å². The molecule has 2 heterocycles. The Morgan fingerprint density at radius 1 is 1.29 bits per heavy atom. The number of rotatable bonds is 5. The third-order valence-electron chi connectivity index (χ3n) is 3.62. The van der Waals surface area contributed by atoms with E-state index < -0.39 is 0 Å². The minimum atomic E-state index is 0.202. The molecule has 1 aromatic heterocycles. The van der Waals surface area contributed by atoms with Crippen LogP contribution in [0.4, 0.5) is 5.95 Å². The lowest BCUT2D eigenvalue weighted by atomic mass is 10.2. The molecule has 1 aliphatic heterocycles. The van der Waals surface area contributed by atoms with Gasteiger partial charge in [-0.05, 0) is 12.0 Å². The smallest absolute Gasteiger partial charge is 0.225 e. The Labute approximate surface area is 125 Å². The van der Waals surface area contributed by atoms with Crippen LogP contribution >= 0.6 is 0 Å². The Morgan fingerprint density at radius 2 is 2.14 bits per heavy atom. The van der Waals surface area contributed by atoms with Crippen LogP contribution in [-0.4, -0.2) is 41.1 Å². The highest BCUT2D eigenvalue weighted by atomic mass is 16.5. The molecule has 1 unspecified atom stereocenters. The largest absolute Gasteiger partial charge is 0.473 e. The van der Waals surface area contributed by atoms with E-state index in [2.05, 4.69) is 44.5 Å². The first-order valence-corrected chi connectivity index (χ1v) is 7.27. The van der Waals surface area contributed by atoms with Gasteiger partial charge in [-0.15, -0.1) is 0 Å². The molecule has 1 atom stereocenters. The highest BCUT2D eigenvalue weighted by Crippen LogP contribution is 2.18. The number of likely N-dealkylation sites (tertiary alicyclic amines) is 1. The van der Waals surface area contributed by atoms with Gasteiger partial charge in [0.25, 0.3) is 0 Å². The number of anilines is 1. The highest BCUT2D eigenvalue weighted by molar-refractivity contribution is 5.26. The van der Waals surface area contributed by atoms with Crippen LogP contribution in [0.3, 0.4) is 0 Å². The molecule has 1 fully saturated rings. The molecule has 0 aliphatic carbocycles. The van der Waals surface area contributed by atoms with Gasteiger partial charge in [0.2, 0.25) is 11.8 Å². The predicted octanol–water partition coefficient (Wildman–Crippen LogP) is 2.17. The second-order valence-electron chi connectivity index (χ2n) is 5.22. The fourth-order valence-electron chi connectivity index (χ4n) is 2.58. The lowest BCUT2D eigenvalue weighted by Crippen LogP contribution is -2.24. The molecule has 3 rings (SSSR count). The first kappa shape index (κ1) is 13.8. The Hall–Kier alpha value is -2.14. The summed E-state index contributed by atoms with van der Waals surface area (Å²) in [6.45, 7) is 2.98. The van der Waals surface area contributed by atoms with Crippen molar-refractivity contribution in [2.24, 2.45) is 0 Å². The van der Waals surface area contributed by atoms with Gasteiger partial charge >= 0.3 is 0 Å². The molecule has 110 valence electrons. The Bertz CT molecular complexity index is 575. The summed E-state index contributed by atoms with van der Waals surface area (Å²) in [4.78, 5) is 10.8. The third kappa shape index (κ3) is 3.70. The van der Waals surface area contributed by atoms with E-state index in [0.29, 0.717) is 11.8 Å². The fraction of sp³-hybridized carbons (Fsp3) is 0.375. The van der Waals surface area contributed by atoms with Crippen LogP contribution in [0.2, 0.25) is 0 Å². The topological polar surface area (TPSA) is 50.3 Å². The molecular formula is C16H20N4O. The fourth-order valence-corrected chi connectivity index (χ4v) is 2.58. The quantitative estimate of drug-likeness (QED) is 0.912. The molecule has 1 aromatic carbocycles. The van der Waals surface area contributed by atoms with E-state index in [0.717, 1.165) is 26.1 Å². The SMILES string of the molecule is CNc1nccc(OC2CCN(Cc3ccccc3)C2)n1. The van der Waals surface area contributed by atoms with E-state index in [9.17, 15) is 0 Å². The van der Waals surface area contributed by atoms with Crippen LogP contribution in [0.15, 0.2) is 42.6 Å². The molecule has 0 spiro atoms. The highest BCUT2D eigenvalue weighted by Gasteiger charge is 2.24. The first-order chi connectivity index (χ1) is 10.3. The van der Waals surface area contributed by atoms with Crippen molar-refractivity contribution in [3.63, 3.8) is 0 Å². The molecule has 0 amide bonds. The number of benzene rings is 1. The number of hydrogen-bond acceptors (Lipinski definition) is 5. The Morgan fingerprint density at radius 3 is 2.95 bits per heavy atom. The molecule has 5 heteroatoms. The van der Waals surface area contributed by atoms with Crippen LogP contribution in [0, 0.1) is 0 Å². The van der Waals surface area contributed by atoms with Crippen molar-refractivity contribution in [1.29, 1.82) is 0 Å². The van der Waals surface area contributed by atoms with Crippen LogP contribution in [0.5, 0.6) is 5.88 Å². The summed E-state index contributed by atoms with van der Waals surface area (Å²) < 4.78 is 5.95. The van der Waals surface area contributed by atoms with E-state index in [1.165, 1.54) is 5.56 Å². The number of aromatic nitrogens is 2. The molecule has 21 heavy (non-hydrogen) atoms. The van der Waals surface area contributed by atoms with Crippen molar-refractivity contribution < 1.29 is 4.74 Å². The van der Waals surface area contributed by atoms with Gasteiger partial charge < -0.3 is 10.1 Å². The second-order valence-corrected chi connectivity index (χ2v) is 5.22.